The molecule has 0 unspecified atom stereocenters. The highest BCUT2D eigenvalue weighted by Crippen LogP contribution is 2.04. The van der Waals surface area contributed by atoms with Gasteiger partial charge in [-0.25, -0.2) is 0 Å². The molecule has 0 radical (unpaired) electrons. The molecule has 1 aromatic rings. The van der Waals surface area contributed by atoms with Crippen LogP contribution in [0, 0.1) is 18.8 Å². The molecule has 1 heterocycles. The molecule has 74 valence electrons. The highest BCUT2D eigenvalue weighted by Gasteiger charge is 2.12. The summed E-state index contributed by atoms with van der Waals surface area (Å²) in [6.45, 7) is 4.07. The number of nitrogens with one attached hydrogen (secondary N) is 1. The largest absolute Gasteiger partial charge is 0.351 e. The molecule has 0 aromatic carbocycles. The van der Waals surface area contributed by atoms with Crippen LogP contribution in [0.25, 0.3) is 0 Å². The van der Waals surface area contributed by atoms with Crippen LogP contribution in [0.1, 0.15) is 29.5 Å². The van der Waals surface area contributed by atoms with E-state index in [2.05, 4.69) is 22.3 Å². The lowest BCUT2D eigenvalue weighted by molar-refractivity contribution is 0.0917. The van der Waals surface area contributed by atoms with E-state index in [1.807, 2.05) is 0 Å². The SMILES string of the molecule is CC#CCCNC(=O)c1oncc1C. The second-order valence-corrected chi connectivity index (χ2v) is 2.77. The summed E-state index contributed by atoms with van der Waals surface area (Å²) in [5.41, 5.74) is 0.740. The van der Waals surface area contributed by atoms with Crippen LogP contribution in [0.3, 0.4) is 0 Å². The third kappa shape index (κ3) is 2.63. The summed E-state index contributed by atoms with van der Waals surface area (Å²) in [5.74, 6) is 5.64. The summed E-state index contributed by atoms with van der Waals surface area (Å²) >= 11 is 0. The smallest absolute Gasteiger partial charge is 0.290 e. The molecule has 0 bridgehead atoms. The van der Waals surface area contributed by atoms with Crippen molar-refractivity contribution in [2.24, 2.45) is 0 Å². The van der Waals surface area contributed by atoms with Gasteiger partial charge in [0, 0.05) is 18.5 Å². The summed E-state index contributed by atoms with van der Waals surface area (Å²) in [5, 5.41) is 6.21. The van der Waals surface area contributed by atoms with Gasteiger partial charge in [0.1, 0.15) is 0 Å². The predicted molar refractivity (Wildman–Crippen MR) is 51.6 cm³/mol. The lowest BCUT2D eigenvalue weighted by Gasteiger charge is -1.98. The highest BCUT2D eigenvalue weighted by molar-refractivity contribution is 5.92. The number of rotatable bonds is 3. The van der Waals surface area contributed by atoms with Crippen LogP contribution in [0.2, 0.25) is 0 Å². The minimum absolute atomic E-state index is 0.238. The number of carbonyl (C=O) groups excluding carboxylic acids is 1. The summed E-state index contributed by atoms with van der Waals surface area (Å²) in [7, 11) is 0. The molecule has 1 aromatic heterocycles. The molecule has 1 rings (SSSR count). The summed E-state index contributed by atoms with van der Waals surface area (Å²) in [4.78, 5) is 11.4. The Kier molecular flexibility index (Phi) is 3.74. The molecule has 0 saturated carbocycles. The summed E-state index contributed by atoms with van der Waals surface area (Å²) in [6.07, 6.45) is 2.16. The van der Waals surface area contributed by atoms with E-state index in [0.717, 1.165) is 5.56 Å². The van der Waals surface area contributed by atoms with E-state index in [-0.39, 0.29) is 11.7 Å². The zero-order valence-electron chi connectivity index (χ0n) is 8.26. The van der Waals surface area contributed by atoms with Gasteiger partial charge in [-0.3, -0.25) is 4.79 Å². The number of nitrogens with zero attached hydrogens (tertiary/aromatic N) is 1. The third-order valence-corrected chi connectivity index (χ3v) is 1.67. The molecule has 0 spiro atoms. The molecule has 1 amide bonds. The maximum Gasteiger partial charge on any atom is 0.290 e. The van der Waals surface area contributed by atoms with Gasteiger partial charge in [-0.05, 0) is 13.8 Å². The molecule has 4 heteroatoms. The first-order valence-electron chi connectivity index (χ1n) is 4.34. The van der Waals surface area contributed by atoms with Gasteiger partial charge < -0.3 is 9.84 Å². The van der Waals surface area contributed by atoms with E-state index in [1.54, 1.807) is 13.8 Å². The molecule has 14 heavy (non-hydrogen) atoms. The van der Waals surface area contributed by atoms with Crippen LogP contribution in [0.15, 0.2) is 10.7 Å². The first kappa shape index (κ1) is 10.3. The summed E-state index contributed by atoms with van der Waals surface area (Å²) < 4.78 is 4.79. The lowest BCUT2D eigenvalue weighted by atomic mass is 10.3. The van der Waals surface area contributed by atoms with Gasteiger partial charge in [-0.1, -0.05) is 5.16 Å². The third-order valence-electron chi connectivity index (χ3n) is 1.67. The first-order chi connectivity index (χ1) is 6.75. The van der Waals surface area contributed by atoms with Gasteiger partial charge >= 0.3 is 0 Å². The van der Waals surface area contributed by atoms with E-state index >= 15 is 0 Å². The van der Waals surface area contributed by atoms with Gasteiger partial charge in [0.2, 0.25) is 5.76 Å². The van der Waals surface area contributed by atoms with E-state index < -0.39 is 0 Å². The van der Waals surface area contributed by atoms with E-state index in [1.165, 1.54) is 6.20 Å². The van der Waals surface area contributed by atoms with Crippen molar-refractivity contribution in [1.82, 2.24) is 10.5 Å². The van der Waals surface area contributed by atoms with Crippen molar-refractivity contribution >= 4 is 5.91 Å². The maximum atomic E-state index is 11.4. The van der Waals surface area contributed by atoms with E-state index in [9.17, 15) is 4.79 Å². The highest BCUT2D eigenvalue weighted by atomic mass is 16.5. The van der Waals surface area contributed by atoms with Gasteiger partial charge in [-0.2, -0.15) is 0 Å². The Bertz CT molecular complexity index is 371. The fraction of sp³-hybridized carbons (Fsp3) is 0.400. The van der Waals surface area contributed by atoms with Crippen molar-refractivity contribution in [2.45, 2.75) is 20.3 Å². The fourth-order valence-electron chi connectivity index (χ4n) is 0.953. The standard InChI is InChI=1S/C10H12N2O2/c1-3-4-5-6-11-10(13)9-8(2)7-12-14-9/h7H,5-6H2,1-2H3,(H,11,13). The quantitative estimate of drug-likeness (QED) is 0.577. The number of carbonyl (C=O) groups is 1. The first-order valence-corrected chi connectivity index (χ1v) is 4.34. The van der Waals surface area contributed by atoms with Crippen LogP contribution in [0.4, 0.5) is 0 Å². The lowest BCUT2D eigenvalue weighted by Crippen LogP contribution is -2.24. The molecular weight excluding hydrogens is 180 g/mol. The maximum absolute atomic E-state index is 11.4. The number of hydrogen-bond acceptors (Lipinski definition) is 3. The molecule has 0 saturated heterocycles. The number of hydrogen-bond donors (Lipinski definition) is 1. The minimum Gasteiger partial charge on any atom is -0.351 e. The van der Waals surface area contributed by atoms with Crippen LogP contribution in [-0.2, 0) is 0 Å². The van der Waals surface area contributed by atoms with Gasteiger partial charge in [-0.15, -0.1) is 11.8 Å². The predicted octanol–water partition coefficient (Wildman–Crippen LogP) is 1.13. The topological polar surface area (TPSA) is 55.1 Å². The van der Waals surface area contributed by atoms with E-state index in [0.29, 0.717) is 13.0 Å². The van der Waals surface area contributed by atoms with Crippen LogP contribution in [-0.4, -0.2) is 17.6 Å². The van der Waals surface area contributed by atoms with Crippen molar-refractivity contribution in [2.75, 3.05) is 6.54 Å². The zero-order valence-corrected chi connectivity index (χ0v) is 8.26. The average molecular weight is 192 g/mol. The van der Waals surface area contributed by atoms with Crippen molar-refractivity contribution in [1.29, 1.82) is 0 Å². The molecule has 0 aliphatic rings. The Hall–Kier alpha value is -1.76. The molecule has 0 atom stereocenters. The van der Waals surface area contributed by atoms with Gasteiger partial charge in [0.15, 0.2) is 0 Å². The Morgan fingerprint density at radius 3 is 3.07 bits per heavy atom. The molecule has 0 aliphatic carbocycles. The van der Waals surface area contributed by atoms with Crippen molar-refractivity contribution < 1.29 is 9.32 Å². The summed E-state index contributed by atoms with van der Waals surface area (Å²) in [6, 6.07) is 0. The Balaban J connectivity index is 2.42. The van der Waals surface area contributed by atoms with Gasteiger partial charge in [0.05, 0.1) is 6.20 Å². The molecule has 4 nitrogen and oxygen atoms in total. The fourth-order valence-corrected chi connectivity index (χ4v) is 0.953. The molecule has 1 N–H and O–H groups in total. The average Bonchev–Trinajstić information content (AvgIpc) is 2.59. The number of aryl methyl sites for hydroxylation is 1. The Morgan fingerprint density at radius 2 is 2.50 bits per heavy atom. The Morgan fingerprint density at radius 1 is 1.71 bits per heavy atom. The Labute approximate surface area is 82.7 Å². The second-order valence-electron chi connectivity index (χ2n) is 2.77. The van der Waals surface area contributed by atoms with Crippen molar-refractivity contribution in [3.05, 3.63) is 17.5 Å². The minimum atomic E-state index is -0.238. The zero-order chi connectivity index (χ0) is 10.4. The van der Waals surface area contributed by atoms with Crippen LogP contribution in [0.5, 0.6) is 0 Å². The number of aromatic nitrogens is 1. The number of amides is 1. The van der Waals surface area contributed by atoms with Crippen molar-refractivity contribution in [3.8, 4) is 11.8 Å². The molecule has 0 aliphatic heterocycles. The van der Waals surface area contributed by atoms with Crippen LogP contribution < -0.4 is 5.32 Å². The molecule has 0 fully saturated rings. The van der Waals surface area contributed by atoms with Crippen LogP contribution >= 0.6 is 0 Å². The van der Waals surface area contributed by atoms with Crippen molar-refractivity contribution in [3.63, 3.8) is 0 Å². The van der Waals surface area contributed by atoms with Gasteiger partial charge in [0.25, 0.3) is 5.91 Å². The normalized spacial score (nSPS) is 9.00. The monoisotopic (exact) mass is 192 g/mol. The molecular formula is C10H12N2O2. The van der Waals surface area contributed by atoms with E-state index in [4.69, 9.17) is 4.52 Å². The second kappa shape index (κ2) is 5.07.